The monoisotopic (exact) mass is 350 g/mol. The van der Waals surface area contributed by atoms with Crippen LogP contribution in [0.4, 0.5) is 0 Å². The van der Waals surface area contributed by atoms with E-state index in [1.807, 2.05) is 12.1 Å². The fraction of sp³-hybridized carbons (Fsp3) is 0.100. The molecule has 0 heterocycles. The highest BCUT2D eigenvalue weighted by Crippen LogP contribution is 2.31. The van der Waals surface area contributed by atoms with Crippen molar-refractivity contribution in [2.24, 2.45) is 11.5 Å². The van der Waals surface area contributed by atoms with Crippen LogP contribution in [0, 0.1) is 0 Å². The number of hydrogen-bond acceptors (Lipinski definition) is 4. The molecule has 132 valence electrons. The first-order valence-electron chi connectivity index (χ1n) is 7.98. The van der Waals surface area contributed by atoms with Gasteiger partial charge in [0.15, 0.2) is 6.10 Å². The molecular weight excluding hydrogens is 332 g/mol. The Hall–Kier alpha value is -3.54. The molecule has 1 aliphatic rings. The molecule has 3 rings (SSSR count). The van der Waals surface area contributed by atoms with Crippen molar-refractivity contribution < 1.29 is 19.1 Å². The number of primary amides is 2. The molecule has 2 aromatic rings. The maximum atomic E-state index is 12.4. The van der Waals surface area contributed by atoms with Gasteiger partial charge in [-0.15, -0.1) is 0 Å². The maximum Gasteiger partial charge on any atom is 0.270 e. The van der Waals surface area contributed by atoms with Crippen LogP contribution < -0.4 is 20.9 Å². The molecule has 26 heavy (non-hydrogen) atoms. The van der Waals surface area contributed by atoms with Gasteiger partial charge in [-0.25, -0.2) is 0 Å². The minimum atomic E-state index is -1.63. The number of hydrogen-bond donors (Lipinski definition) is 2. The Bertz CT molecular complexity index is 862. The van der Waals surface area contributed by atoms with Crippen molar-refractivity contribution in [3.63, 3.8) is 0 Å². The summed E-state index contributed by atoms with van der Waals surface area (Å²) in [5.74, 6) is -0.456. The molecule has 2 unspecified atom stereocenters. The van der Waals surface area contributed by atoms with Gasteiger partial charge in [0.1, 0.15) is 11.5 Å². The van der Waals surface area contributed by atoms with E-state index < -0.39 is 23.5 Å². The third-order valence-electron chi connectivity index (χ3n) is 3.97. The molecule has 0 spiro atoms. The molecule has 6 nitrogen and oxygen atoms in total. The van der Waals surface area contributed by atoms with Gasteiger partial charge in [0, 0.05) is 5.57 Å². The van der Waals surface area contributed by atoms with Crippen molar-refractivity contribution in [2.45, 2.75) is 11.7 Å². The van der Waals surface area contributed by atoms with Crippen LogP contribution in [0.3, 0.4) is 0 Å². The van der Waals surface area contributed by atoms with Crippen LogP contribution in [0.1, 0.15) is 0 Å². The zero-order valence-corrected chi connectivity index (χ0v) is 13.9. The molecule has 0 aliphatic heterocycles. The Morgan fingerprint density at radius 1 is 0.885 bits per heavy atom. The van der Waals surface area contributed by atoms with E-state index in [1.165, 1.54) is 18.2 Å². The molecule has 2 amide bonds. The van der Waals surface area contributed by atoms with E-state index in [2.05, 4.69) is 0 Å². The highest BCUT2D eigenvalue weighted by Gasteiger charge is 2.48. The van der Waals surface area contributed by atoms with E-state index in [9.17, 15) is 9.59 Å². The van der Waals surface area contributed by atoms with E-state index in [1.54, 1.807) is 48.5 Å². The lowest BCUT2D eigenvalue weighted by molar-refractivity contribution is -0.135. The van der Waals surface area contributed by atoms with Gasteiger partial charge < -0.3 is 20.9 Å². The largest absolute Gasteiger partial charge is 0.481 e. The van der Waals surface area contributed by atoms with Crippen LogP contribution in [0.5, 0.6) is 11.5 Å². The summed E-state index contributed by atoms with van der Waals surface area (Å²) in [5.41, 5.74) is 9.62. The minimum Gasteiger partial charge on any atom is -0.481 e. The molecular formula is C20H18N2O4. The van der Waals surface area contributed by atoms with Crippen LogP contribution in [-0.2, 0) is 9.59 Å². The first kappa shape index (κ1) is 17.3. The number of carbonyl (C=O) groups is 2. The second-order valence-corrected chi connectivity index (χ2v) is 5.74. The smallest absolute Gasteiger partial charge is 0.270 e. The van der Waals surface area contributed by atoms with Gasteiger partial charge in [-0.2, -0.15) is 0 Å². The lowest BCUT2D eigenvalue weighted by atomic mass is 9.87. The summed E-state index contributed by atoms with van der Waals surface area (Å²) < 4.78 is 11.9. The van der Waals surface area contributed by atoms with E-state index in [0.29, 0.717) is 11.5 Å². The van der Waals surface area contributed by atoms with Gasteiger partial charge in [-0.05, 0) is 42.5 Å². The number of carbonyl (C=O) groups excluding carboxylic acids is 2. The molecule has 6 heteroatoms. The average Bonchev–Trinajstić information content (AvgIpc) is 2.64. The molecule has 2 atom stereocenters. The number of nitrogens with two attached hydrogens (primary N) is 2. The first-order valence-corrected chi connectivity index (χ1v) is 7.98. The van der Waals surface area contributed by atoms with Crippen LogP contribution >= 0.6 is 0 Å². The predicted molar refractivity (Wildman–Crippen MR) is 96.3 cm³/mol. The van der Waals surface area contributed by atoms with Crippen LogP contribution in [0.25, 0.3) is 0 Å². The molecule has 4 N–H and O–H groups in total. The zero-order chi connectivity index (χ0) is 18.6. The average molecular weight is 350 g/mol. The molecule has 0 bridgehead atoms. The second kappa shape index (κ2) is 7.14. The SMILES string of the molecule is NC(=O)C1=CC(Oc2ccccc2)C(Oc2ccccc2)(C(N)=O)C=C1. The summed E-state index contributed by atoms with van der Waals surface area (Å²) in [5, 5.41) is 0. The third kappa shape index (κ3) is 3.44. The normalized spacial score (nSPS) is 21.5. The Morgan fingerprint density at radius 3 is 2.00 bits per heavy atom. The van der Waals surface area contributed by atoms with Gasteiger partial charge in [0.25, 0.3) is 5.91 Å². The fourth-order valence-electron chi connectivity index (χ4n) is 2.63. The molecule has 0 saturated heterocycles. The van der Waals surface area contributed by atoms with Gasteiger partial charge in [0.05, 0.1) is 0 Å². The van der Waals surface area contributed by atoms with Crippen molar-refractivity contribution in [1.29, 1.82) is 0 Å². The Kier molecular flexibility index (Phi) is 4.75. The van der Waals surface area contributed by atoms with Gasteiger partial charge in [-0.3, -0.25) is 9.59 Å². The number of ether oxygens (including phenoxy) is 2. The quantitative estimate of drug-likeness (QED) is 0.827. The van der Waals surface area contributed by atoms with E-state index in [-0.39, 0.29) is 5.57 Å². The summed E-state index contributed by atoms with van der Waals surface area (Å²) in [6.07, 6.45) is 3.30. The second-order valence-electron chi connectivity index (χ2n) is 5.74. The summed E-state index contributed by atoms with van der Waals surface area (Å²) >= 11 is 0. The van der Waals surface area contributed by atoms with Gasteiger partial charge >= 0.3 is 0 Å². The van der Waals surface area contributed by atoms with Gasteiger partial charge in [-0.1, -0.05) is 36.4 Å². The lowest BCUT2D eigenvalue weighted by Gasteiger charge is -2.36. The summed E-state index contributed by atoms with van der Waals surface area (Å²) in [6.45, 7) is 0. The van der Waals surface area contributed by atoms with Crippen LogP contribution in [0.2, 0.25) is 0 Å². The number of rotatable bonds is 6. The van der Waals surface area contributed by atoms with E-state index in [0.717, 1.165) is 0 Å². The third-order valence-corrected chi connectivity index (χ3v) is 3.97. The molecule has 1 aliphatic carbocycles. The van der Waals surface area contributed by atoms with Crippen molar-refractivity contribution in [1.82, 2.24) is 0 Å². The first-order chi connectivity index (χ1) is 12.5. The highest BCUT2D eigenvalue weighted by molar-refractivity contribution is 5.97. The lowest BCUT2D eigenvalue weighted by Crippen LogP contribution is -2.58. The summed E-state index contributed by atoms with van der Waals surface area (Å²) in [4.78, 5) is 24.0. The molecule has 0 radical (unpaired) electrons. The molecule has 0 saturated carbocycles. The van der Waals surface area contributed by atoms with Crippen molar-refractivity contribution in [3.8, 4) is 11.5 Å². The Balaban J connectivity index is 2.03. The molecule has 0 aromatic heterocycles. The van der Waals surface area contributed by atoms with E-state index in [4.69, 9.17) is 20.9 Å². The van der Waals surface area contributed by atoms with E-state index >= 15 is 0 Å². The minimum absolute atomic E-state index is 0.208. The topological polar surface area (TPSA) is 105 Å². The maximum absolute atomic E-state index is 12.4. The number of benzene rings is 2. The van der Waals surface area contributed by atoms with Crippen LogP contribution in [0.15, 0.2) is 84.5 Å². The standard InChI is InChI=1S/C20H18N2O4/c21-18(23)14-11-12-20(19(22)24,26-16-9-5-2-6-10-16)17(13-14)25-15-7-3-1-4-8-15/h1-13,17H,(H2,21,23)(H2,22,24). The Labute approximate surface area is 150 Å². The van der Waals surface area contributed by atoms with Crippen LogP contribution in [-0.4, -0.2) is 23.5 Å². The predicted octanol–water partition coefficient (Wildman–Crippen LogP) is 1.72. The Morgan fingerprint density at radius 2 is 1.46 bits per heavy atom. The van der Waals surface area contributed by atoms with Gasteiger partial charge in [0.2, 0.25) is 11.5 Å². The summed E-state index contributed by atoms with van der Waals surface area (Å²) in [6, 6.07) is 17.6. The van der Waals surface area contributed by atoms with Crippen molar-refractivity contribution in [3.05, 3.63) is 84.5 Å². The molecule has 2 aromatic carbocycles. The highest BCUT2D eigenvalue weighted by atomic mass is 16.6. The van der Waals surface area contributed by atoms with Crippen molar-refractivity contribution >= 4 is 11.8 Å². The number of amides is 2. The summed E-state index contributed by atoms with van der Waals surface area (Å²) in [7, 11) is 0. The zero-order valence-electron chi connectivity index (χ0n) is 13.9. The van der Waals surface area contributed by atoms with Crippen molar-refractivity contribution in [2.75, 3.05) is 0 Å². The fourth-order valence-corrected chi connectivity index (χ4v) is 2.63. The molecule has 0 fully saturated rings. The number of para-hydroxylation sites is 2.